The number of carboxylic acids is 1. The molecule has 1 aliphatic rings. The van der Waals surface area contributed by atoms with Gasteiger partial charge in [-0.3, -0.25) is 9.78 Å². The van der Waals surface area contributed by atoms with Crippen LogP contribution < -0.4 is 10.6 Å². The molecule has 6 heteroatoms. The summed E-state index contributed by atoms with van der Waals surface area (Å²) >= 11 is 0. The van der Waals surface area contributed by atoms with Gasteiger partial charge < -0.3 is 15.7 Å². The molecule has 0 bridgehead atoms. The quantitative estimate of drug-likeness (QED) is 0.756. The van der Waals surface area contributed by atoms with Gasteiger partial charge >= 0.3 is 5.97 Å². The van der Waals surface area contributed by atoms with Crippen LogP contribution in [-0.4, -0.2) is 34.6 Å². The lowest BCUT2D eigenvalue weighted by atomic mass is 9.94. The minimum Gasteiger partial charge on any atom is -0.478 e. The van der Waals surface area contributed by atoms with E-state index in [4.69, 9.17) is 5.11 Å². The van der Waals surface area contributed by atoms with Crippen molar-refractivity contribution in [1.29, 1.82) is 0 Å². The molecule has 108 valence electrons. The van der Waals surface area contributed by atoms with Crippen LogP contribution in [0.2, 0.25) is 0 Å². The summed E-state index contributed by atoms with van der Waals surface area (Å²) in [5, 5.41) is 14.9. The third kappa shape index (κ3) is 3.77. The number of hydrogen-bond donors (Lipinski definition) is 3. The molecule has 1 aromatic heterocycles. The third-order valence-corrected chi connectivity index (χ3v) is 3.49. The zero-order valence-corrected chi connectivity index (χ0v) is 11.4. The summed E-state index contributed by atoms with van der Waals surface area (Å²) in [6, 6.07) is 2.73. The van der Waals surface area contributed by atoms with Gasteiger partial charge in [0.05, 0.1) is 23.8 Å². The average molecular weight is 277 g/mol. The van der Waals surface area contributed by atoms with Crippen molar-refractivity contribution >= 4 is 11.9 Å². The molecule has 0 spiro atoms. The van der Waals surface area contributed by atoms with Crippen LogP contribution >= 0.6 is 0 Å². The van der Waals surface area contributed by atoms with E-state index in [1.54, 1.807) is 0 Å². The Balaban J connectivity index is 1.89. The number of pyridine rings is 1. The highest BCUT2D eigenvalue weighted by atomic mass is 16.4. The molecule has 1 fully saturated rings. The third-order valence-electron chi connectivity index (χ3n) is 3.49. The first kappa shape index (κ1) is 14.5. The fourth-order valence-corrected chi connectivity index (χ4v) is 2.32. The van der Waals surface area contributed by atoms with Crippen LogP contribution in [0.25, 0.3) is 0 Å². The Labute approximate surface area is 117 Å². The van der Waals surface area contributed by atoms with E-state index in [9.17, 15) is 9.59 Å². The van der Waals surface area contributed by atoms with Crippen LogP contribution in [0.1, 0.15) is 35.8 Å². The topological polar surface area (TPSA) is 91.3 Å². The number of amides is 1. The van der Waals surface area contributed by atoms with E-state index < -0.39 is 5.97 Å². The van der Waals surface area contributed by atoms with Crippen molar-refractivity contribution in [3.63, 3.8) is 0 Å². The Morgan fingerprint density at radius 3 is 3.05 bits per heavy atom. The normalized spacial score (nSPS) is 22.2. The van der Waals surface area contributed by atoms with Crippen LogP contribution in [-0.2, 0) is 11.3 Å². The van der Waals surface area contributed by atoms with Gasteiger partial charge in [0.15, 0.2) is 0 Å². The largest absolute Gasteiger partial charge is 0.478 e. The predicted molar refractivity (Wildman–Crippen MR) is 73.2 cm³/mol. The SMILES string of the molecule is CC1CCNC(C(=O)NCc2cc(C(=O)O)ccn2)C1. The predicted octanol–water partition coefficient (Wildman–Crippen LogP) is 0.784. The maximum Gasteiger partial charge on any atom is 0.335 e. The number of nitrogens with zero attached hydrogens (tertiary/aromatic N) is 1. The smallest absolute Gasteiger partial charge is 0.335 e. The molecular weight excluding hydrogens is 258 g/mol. The van der Waals surface area contributed by atoms with Crippen molar-refractivity contribution in [2.24, 2.45) is 5.92 Å². The second kappa shape index (κ2) is 6.47. The molecule has 3 N–H and O–H groups in total. The first-order valence-electron chi connectivity index (χ1n) is 6.75. The molecule has 0 aliphatic carbocycles. The van der Waals surface area contributed by atoms with E-state index in [-0.39, 0.29) is 24.1 Å². The lowest BCUT2D eigenvalue weighted by molar-refractivity contribution is -0.124. The molecular formula is C14H19N3O3. The number of hydrogen-bond acceptors (Lipinski definition) is 4. The Kier molecular flexibility index (Phi) is 4.68. The van der Waals surface area contributed by atoms with Gasteiger partial charge in [-0.05, 0) is 37.4 Å². The minimum absolute atomic E-state index is 0.0564. The highest BCUT2D eigenvalue weighted by Crippen LogP contribution is 2.15. The monoisotopic (exact) mass is 277 g/mol. The number of aromatic nitrogens is 1. The molecule has 2 atom stereocenters. The van der Waals surface area contributed by atoms with Crippen molar-refractivity contribution in [2.45, 2.75) is 32.4 Å². The number of piperidine rings is 1. The first-order valence-corrected chi connectivity index (χ1v) is 6.75. The number of carbonyl (C=O) groups excluding carboxylic acids is 1. The van der Waals surface area contributed by atoms with Crippen molar-refractivity contribution in [3.05, 3.63) is 29.6 Å². The second-order valence-electron chi connectivity index (χ2n) is 5.20. The number of carboxylic acid groups (broad SMARTS) is 1. The molecule has 2 unspecified atom stereocenters. The lowest BCUT2D eigenvalue weighted by Gasteiger charge is -2.27. The van der Waals surface area contributed by atoms with Crippen LogP contribution in [0.3, 0.4) is 0 Å². The summed E-state index contributed by atoms with van der Waals surface area (Å²) in [6.07, 6.45) is 3.35. The van der Waals surface area contributed by atoms with E-state index in [1.165, 1.54) is 18.3 Å². The van der Waals surface area contributed by atoms with Gasteiger partial charge in [0, 0.05) is 6.20 Å². The zero-order valence-electron chi connectivity index (χ0n) is 11.4. The molecule has 2 rings (SSSR count). The van der Waals surface area contributed by atoms with E-state index in [2.05, 4.69) is 22.5 Å². The van der Waals surface area contributed by atoms with Gasteiger partial charge in [-0.2, -0.15) is 0 Å². The van der Waals surface area contributed by atoms with E-state index in [0.717, 1.165) is 19.4 Å². The molecule has 0 aromatic carbocycles. The standard InChI is InChI=1S/C14H19N3O3/c1-9-2-4-16-12(6-9)13(18)17-8-11-7-10(14(19)20)3-5-15-11/h3,5,7,9,12,16H,2,4,6,8H2,1H3,(H,17,18)(H,19,20). The number of rotatable bonds is 4. The zero-order chi connectivity index (χ0) is 14.5. The summed E-state index contributed by atoms with van der Waals surface area (Å²) in [7, 11) is 0. The van der Waals surface area contributed by atoms with E-state index in [1.807, 2.05) is 0 Å². The summed E-state index contributed by atoms with van der Waals surface area (Å²) < 4.78 is 0. The molecule has 1 saturated heterocycles. The summed E-state index contributed by atoms with van der Waals surface area (Å²) in [5.41, 5.74) is 0.718. The molecule has 0 saturated carbocycles. The Hall–Kier alpha value is -1.95. The van der Waals surface area contributed by atoms with Gasteiger partial charge in [-0.25, -0.2) is 4.79 Å². The Morgan fingerprint density at radius 2 is 2.35 bits per heavy atom. The maximum absolute atomic E-state index is 12.0. The molecule has 1 amide bonds. The van der Waals surface area contributed by atoms with Crippen molar-refractivity contribution < 1.29 is 14.7 Å². The molecule has 2 heterocycles. The summed E-state index contributed by atoms with van der Waals surface area (Å²) in [5.74, 6) is -0.512. The first-order chi connectivity index (χ1) is 9.56. The van der Waals surface area contributed by atoms with Gasteiger partial charge in [0.1, 0.15) is 0 Å². The van der Waals surface area contributed by atoms with Gasteiger partial charge in [-0.15, -0.1) is 0 Å². The maximum atomic E-state index is 12.0. The summed E-state index contributed by atoms with van der Waals surface area (Å²) in [4.78, 5) is 26.9. The molecule has 1 aliphatic heterocycles. The lowest BCUT2D eigenvalue weighted by Crippen LogP contribution is -2.48. The van der Waals surface area contributed by atoms with Crippen LogP contribution in [0, 0.1) is 5.92 Å². The highest BCUT2D eigenvalue weighted by Gasteiger charge is 2.24. The Morgan fingerprint density at radius 1 is 1.55 bits per heavy atom. The van der Waals surface area contributed by atoms with Gasteiger partial charge in [-0.1, -0.05) is 6.92 Å². The molecule has 6 nitrogen and oxygen atoms in total. The van der Waals surface area contributed by atoms with E-state index in [0.29, 0.717) is 11.6 Å². The minimum atomic E-state index is -0.997. The highest BCUT2D eigenvalue weighted by molar-refractivity contribution is 5.87. The van der Waals surface area contributed by atoms with Crippen LogP contribution in [0.4, 0.5) is 0 Å². The van der Waals surface area contributed by atoms with Crippen LogP contribution in [0.5, 0.6) is 0 Å². The average Bonchev–Trinajstić information content (AvgIpc) is 2.45. The van der Waals surface area contributed by atoms with E-state index >= 15 is 0 Å². The molecule has 20 heavy (non-hydrogen) atoms. The van der Waals surface area contributed by atoms with Gasteiger partial charge in [0.25, 0.3) is 0 Å². The van der Waals surface area contributed by atoms with Crippen molar-refractivity contribution in [1.82, 2.24) is 15.6 Å². The fourth-order valence-electron chi connectivity index (χ4n) is 2.32. The van der Waals surface area contributed by atoms with Gasteiger partial charge in [0.2, 0.25) is 5.91 Å². The van der Waals surface area contributed by atoms with Crippen molar-refractivity contribution in [2.75, 3.05) is 6.54 Å². The molecule has 1 aromatic rings. The number of carbonyl (C=O) groups is 2. The number of aromatic carboxylic acids is 1. The Bertz CT molecular complexity index is 504. The number of nitrogens with one attached hydrogen (secondary N) is 2. The fraction of sp³-hybridized carbons (Fsp3) is 0.500. The summed E-state index contributed by atoms with van der Waals surface area (Å²) in [6.45, 7) is 3.23. The van der Waals surface area contributed by atoms with Crippen molar-refractivity contribution in [3.8, 4) is 0 Å². The molecule has 0 radical (unpaired) electrons. The second-order valence-corrected chi connectivity index (χ2v) is 5.20. The van der Waals surface area contributed by atoms with Crippen LogP contribution in [0.15, 0.2) is 18.3 Å².